The van der Waals surface area contributed by atoms with Crippen molar-refractivity contribution in [3.63, 3.8) is 0 Å². The van der Waals surface area contributed by atoms with E-state index < -0.39 is 0 Å². The van der Waals surface area contributed by atoms with Crippen LogP contribution >= 0.6 is 23.2 Å². The summed E-state index contributed by atoms with van der Waals surface area (Å²) in [6.07, 6.45) is 5.05. The number of benzene rings is 2. The topological polar surface area (TPSA) is 36.3 Å². The van der Waals surface area contributed by atoms with E-state index in [9.17, 15) is 0 Å². The highest BCUT2D eigenvalue weighted by atomic mass is 35.5. The summed E-state index contributed by atoms with van der Waals surface area (Å²) in [7, 11) is 0. The predicted molar refractivity (Wildman–Crippen MR) is 99.2 cm³/mol. The zero-order valence-electron chi connectivity index (χ0n) is 13.7. The van der Waals surface area contributed by atoms with Crippen molar-refractivity contribution in [1.82, 2.24) is 9.55 Å². The maximum Gasteiger partial charge on any atom is 0.189 e. The minimum absolute atomic E-state index is 0.112. The molecule has 1 atom stereocenters. The van der Waals surface area contributed by atoms with Crippen molar-refractivity contribution in [3.8, 4) is 5.75 Å². The van der Waals surface area contributed by atoms with Gasteiger partial charge >= 0.3 is 0 Å². The molecular formula is C19H18Cl2N2O2. The highest BCUT2D eigenvalue weighted by molar-refractivity contribution is 6.35. The van der Waals surface area contributed by atoms with Gasteiger partial charge in [-0.2, -0.15) is 0 Å². The summed E-state index contributed by atoms with van der Waals surface area (Å²) in [5.41, 5.74) is 2.03. The van der Waals surface area contributed by atoms with Crippen LogP contribution in [0.15, 0.2) is 61.2 Å². The Bertz CT molecular complexity index is 805. The average molecular weight is 377 g/mol. The van der Waals surface area contributed by atoms with E-state index in [-0.39, 0.29) is 12.9 Å². The van der Waals surface area contributed by atoms with Crippen LogP contribution in [0.3, 0.4) is 0 Å². The molecule has 4 nitrogen and oxygen atoms in total. The van der Waals surface area contributed by atoms with Gasteiger partial charge in [-0.15, -0.1) is 0 Å². The van der Waals surface area contributed by atoms with E-state index in [1.165, 1.54) is 5.56 Å². The summed E-state index contributed by atoms with van der Waals surface area (Å²) < 4.78 is 13.6. The van der Waals surface area contributed by atoms with Crippen molar-refractivity contribution in [2.24, 2.45) is 0 Å². The van der Waals surface area contributed by atoms with Gasteiger partial charge in [-0.05, 0) is 31.2 Å². The first-order valence-corrected chi connectivity index (χ1v) is 8.59. The Balaban J connectivity index is 1.70. The maximum absolute atomic E-state index is 6.35. The van der Waals surface area contributed by atoms with Crippen molar-refractivity contribution >= 4 is 23.2 Å². The van der Waals surface area contributed by atoms with Crippen LogP contribution in [0.1, 0.15) is 17.2 Å². The number of aromatic nitrogens is 2. The molecule has 0 amide bonds. The van der Waals surface area contributed by atoms with Crippen LogP contribution in [0.25, 0.3) is 0 Å². The molecule has 0 saturated heterocycles. The fraction of sp³-hybridized carbons (Fsp3) is 0.211. The molecule has 3 aromatic rings. The van der Waals surface area contributed by atoms with Crippen molar-refractivity contribution in [2.75, 3.05) is 6.79 Å². The third-order valence-corrected chi connectivity index (χ3v) is 4.32. The summed E-state index contributed by atoms with van der Waals surface area (Å²) in [6, 6.07) is 13.2. The maximum atomic E-state index is 6.35. The third kappa shape index (κ3) is 4.98. The number of hydrogen-bond donors (Lipinski definition) is 0. The Kier molecular flexibility index (Phi) is 5.97. The molecular weight excluding hydrogens is 359 g/mol. The molecule has 25 heavy (non-hydrogen) atoms. The second-order valence-corrected chi connectivity index (χ2v) is 6.50. The normalized spacial score (nSPS) is 12.1. The summed E-state index contributed by atoms with van der Waals surface area (Å²) >= 11 is 12.3. The Hall–Kier alpha value is -2.01. The van der Waals surface area contributed by atoms with Crippen molar-refractivity contribution in [1.29, 1.82) is 0 Å². The Morgan fingerprint density at radius 1 is 1.12 bits per heavy atom. The lowest BCUT2D eigenvalue weighted by Gasteiger charge is -2.20. The van der Waals surface area contributed by atoms with Crippen molar-refractivity contribution in [2.45, 2.75) is 19.6 Å². The standard InChI is InChI=1S/C19H18Cl2N2O2/c1-14-2-5-16(6-3-14)24-13-25-19(11-23-9-8-22-12-23)17-7-4-15(20)10-18(17)21/h2-10,12,19H,11,13H2,1H3/t19-/m0/s1. The van der Waals surface area contributed by atoms with Crippen LogP contribution in [0.5, 0.6) is 5.75 Å². The van der Waals surface area contributed by atoms with E-state index >= 15 is 0 Å². The first kappa shape index (κ1) is 17.8. The van der Waals surface area contributed by atoms with Gasteiger partial charge in [0.1, 0.15) is 11.9 Å². The van der Waals surface area contributed by atoms with Crippen LogP contribution in [-0.4, -0.2) is 16.3 Å². The number of ether oxygens (including phenoxy) is 2. The van der Waals surface area contributed by atoms with Crippen LogP contribution in [0, 0.1) is 6.92 Å². The van der Waals surface area contributed by atoms with Gasteiger partial charge in [0.2, 0.25) is 0 Å². The van der Waals surface area contributed by atoms with Crippen LogP contribution in [0.4, 0.5) is 0 Å². The number of aryl methyl sites for hydroxylation is 1. The van der Waals surface area contributed by atoms with E-state index in [1.807, 2.05) is 48.0 Å². The fourth-order valence-corrected chi connectivity index (χ4v) is 2.94. The van der Waals surface area contributed by atoms with E-state index in [0.717, 1.165) is 11.3 Å². The van der Waals surface area contributed by atoms with Crippen molar-refractivity contribution < 1.29 is 9.47 Å². The molecule has 0 saturated carbocycles. The van der Waals surface area contributed by atoms with Gasteiger partial charge in [-0.3, -0.25) is 0 Å². The molecule has 130 valence electrons. The Labute approximate surface area is 156 Å². The zero-order chi connectivity index (χ0) is 17.6. The van der Waals surface area contributed by atoms with Crippen LogP contribution in [0.2, 0.25) is 10.0 Å². The van der Waals surface area contributed by atoms with Gasteiger partial charge in [-0.1, -0.05) is 47.0 Å². The van der Waals surface area contributed by atoms with Gasteiger partial charge in [0, 0.05) is 28.0 Å². The lowest BCUT2D eigenvalue weighted by atomic mass is 10.1. The molecule has 0 aliphatic heterocycles. The molecule has 6 heteroatoms. The van der Waals surface area contributed by atoms with Gasteiger partial charge in [0.25, 0.3) is 0 Å². The Morgan fingerprint density at radius 2 is 1.92 bits per heavy atom. The molecule has 3 rings (SSSR count). The minimum Gasteiger partial charge on any atom is -0.468 e. The van der Waals surface area contributed by atoms with Crippen molar-refractivity contribution in [3.05, 3.63) is 82.4 Å². The molecule has 0 N–H and O–H groups in total. The summed E-state index contributed by atoms with van der Waals surface area (Å²) in [6.45, 7) is 2.71. The first-order valence-electron chi connectivity index (χ1n) is 7.83. The molecule has 2 aromatic carbocycles. The predicted octanol–water partition coefficient (Wildman–Crippen LogP) is 5.29. The highest BCUT2D eigenvalue weighted by Gasteiger charge is 2.17. The number of halogens is 2. The molecule has 0 spiro atoms. The number of rotatable bonds is 7. The second kappa shape index (κ2) is 8.39. The number of hydrogen-bond acceptors (Lipinski definition) is 3. The highest BCUT2D eigenvalue weighted by Crippen LogP contribution is 2.29. The second-order valence-electron chi connectivity index (χ2n) is 5.66. The molecule has 1 aromatic heterocycles. The van der Waals surface area contributed by atoms with E-state index in [4.69, 9.17) is 32.7 Å². The number of imidazole rings is 1. The molecule has 0 aliphatic carbocycles. The lowest BCUT2D eigenvalue weighted by molar-refractivity contribution is -0.0444. The fourth-order valence-electron chi connectivity index (χ4n) is 2.41. The molecule has 1 heterocycles. The quantitative estimate of drug-likeness (QED) is 0.525. The van der Waals surface area contributed by atoms with E-state index in [2.05, 4.69) is 4.98 Å². The lowest BCUT2D eigenvalue weighted by Crippen LogP contribution is -2.15. The monoisotopic (exact) mass is 376 g/mol. The first-order chi connectivity index (χ1) is 12.1. The molecule has 0 aliphatic rings. The smallest absolute Gasteiger partial charge is 0.189 e. The SMILES string of the molecule is Cc1ccc(OCO[C@@H](Cn2ccnc2)c2ccc(Cl)cc2Cl)cc1. The number of nitrogens with zero attached hydrogens (tertiary/aromatic N) is 2. The Morgan fingerprint density at radius 3 is 2.60 bits per heavy atom. The molecule has 0 unspecified atom stereocenters. The third-order valence-electron chi connectivity index (χ3n) is 3.76. The largest absolute Gasteiger partial charge is 0.468 e. The molecule has 0 fully saturated rings. The van der Waals surface area contributed by atoms with Gasteiger partial charge in [0.05, 0.1) is 12.9 Å². The van der Waals surface area contributed by atoms with Crippen LogP contribution < -0.4 is 4.74 Å². The van der Waals surface area contributed by atoms with Gasteiger partial charge in [0.15, 0.2) is 6.79 Å². The zero-order valence-corrected chi connectivity index (χ0v) is 15.2. The summed E-state index contributed by atoms with van der Waals surface area (Å²) in [5, 5.41) is 1.15. The summed E-state index contributed by atoms with van der Waals surface area (Å²) in [5.74, 6) is 0.759. The summed E-state index contributed by atoms with van der Waals surface area (Å²) in [4.78, 5) is 4.06. The minimum atomic E-state index is -0.288. The van der Waals surface area contributed by atoms with Gasteiger partial charge < -0.3 is 14.0 Å². The van der Waals surface area contributed by atoms with E-state index in [0.29, 0.717) is 16.6 Å². The average Bonchev–Trinajstić information content (AvgIpc) is 3.09. The van der Waals surface area contributed by atoms with E-state index in [1.54, 1.807) is 24.7 Å². The van der Waals surface area contributed by atoms with Crippen LogP contribution in [-0.2, 0) is 11.3 Å². The van der Waals surface area contributed by atoms with Gasteiger partial charge in [-0.25, -0.2) is 4.98 Å². The molecule has 0 bridgehead atoms. The molecule has 0 radical (unpaired) electrons.